The number of rotatable bonds is 4. The smallest absolute Gasteiger partial charge is 0.267 e. The Hall–Kier alpha value is -4.37. The van der Waals surface area contributed by atoms with Gasteiger partial charge in [-0.05, 0) is 60.2 Å². The van der Waals surface area contributed by atoms with Crippen molar-refractivity contribution in [3.63, 3.8) is 0 Å². The Balaban J connectivity index is 1.89. The Bertz CT molecular complexity index is 1360. The molecule has 0 amide bonds. The summed E-state index contributed by atoms with van der Waals surface area (Å²) in [6.45, 7) is 0. The fourth-order valence-corrected chi connectivity index (χ4v) is 3.07. The molecular formula is C24H17N3O3. The van der Waals surface area contributed by atoms with Crippen LogP contribution in [0.15, 0.2) is 65.6 Å². The van der Waals surface area contributed by atoms with E-state index < -0.39 is 0 Å². The average Bonchev–Trinajstić information content (AvgIpc) is 2.79. The van der Waals surface area contributed by atoms with Gasteiger partial charge >= 0.3 is 0 Å². The number of terminal acetylenes is 1. The molecule has 0 atom stereocenters. The second-order valence-corrected chi connectivity index (χ2v) is 6.44. The van der Waals surface area contributed by atoms with E-state index >= 15 is 0 Å². The maximum absolute atomic E-state index is 13.2. The summed E-state index contributed by atoms with van der Waals surface area (Å²) in [5.74, 6) is 3.38. The van der Waals surface area contributed by atoms with Gasteiger partial charge in [0.2, 0.25) is 0 Å². The lowest BCUT2D eigenvalue weighted by molar-refractivity contribution is 0.373. The number of nitrogens with zero attached hydrogens (tertiary/aromatic N) is 3. The van der Waals surface area contributed by atoms with E-state index in [1.807, 2.05) is 0 Å². The van der Waals surface area contributed by atoms with Crippen molar-refractivity contribution >= 4 is 23.2 Å². The number of ether oxygens (including phenoxy) is 1. The molecule has 4 rings (SSSR count). The molecule has 6 heteroatoms. The van der Waals surface area contributed by atoms with Crippen molar-refractivity contribution in [2.45, 2.75) is 0 Å². The van der Waals surface area contributed by atoms with E-state index in [4.69, 9.17) is 11.2 Å². The van der Waals surface area contributed by atoms with Crippen LogP contribution in [0.1, 0.15) is 17.0 Å². The van der Waals surface area contributed by atoms with Crippen LogP contribution in [-0.2, 0) is 0 Å². The Morgan fingerprint density at radius 3 is 2.67 bits per heavy atom. The van der Waals surface area contributed by atoms with Crippen molar-refractivity contribution in [1.29, 1.82) is 0 Å². The fraction of sp³-hybridized carbons (Fsp3) is 0.0417. The van der Waals surface area contributed by atoms with E-state index in [0.717, 1.165) is 11.1 Å². The predicted molar refractivity (Wildman–Crippen MR) is 117 cm³/mol. The molecule has 6 nitrogen and oxygen atoms in total. The average molecular weight is 395 g/mol. The van der Waals surface area contributed by atoms with Crippen molar-refractivity contribution in [3.8, 4) is 29.5 Å². The van der Waals surface area contributed by atoms with E-state index in [9.17, 15) is 9.90 Å². The molecule has 0 spiro atoms. The third-order valence-corrected chi connectivity index (χ3v) is 4.59. The molecule has 30 heavy (non-hydrogen) atoms. The molecule has 0 saturated heterocycles. The fourth-order valence-electron chi connectivity index (χ4n) is 3.07. The summed E-state index contributed by atoms with van der Waals surface area (Å²) >= 11 is 0. The van der Waals surface area contributed by atoms with Crippen LogP contribution in [0.4, 0.5) is 0 Å². The van der Waals surface area contributed by atoms with Crippen LogP contribution in [-0.4, -0.2) is 26.8 Å². The summed E-state index contributed by atoms with van der Waals surface area (Å²) < 4.78 is 6.66. The molecule has 0 fully saturated rings. The zero-order valence-corrected chi connectivity index (χ0v) is 16.1. The van der Waals surface area contributed by atoms with E-state index in [0.29, 0.717) is 28.3 Å². The number of hydrogen-bond donors (Lipinski definition) is 1. The molecule has 1 N–H and O–H groups in total. The number of aromatic hydroxyl groups is 1. The number of hydrogen-bond acceptors (Lipinski definition) is 5. The number of phenols is 1. The molecule has 2 aromatic heterocycles. The quantitative estimate of drug-likeness (QED) is 0.534. The Morgan fingerprint density at radius 2 is 1.93 bits per heavy atom. The minimum Gasteiger partial charge on any atom is -0.504 e. The first-order chi connectivity index (χ1) is 14.6. The van der Waals surface area contributed by atoms with Crippen molar-refractivity contribution in [2.24, 2.45) is 0 Å². The maximum Gasteiger partial charge on any atom is 0.267 e. The molecule has 2 aromatic carbocycles. The van der Waals surface area contributed by atoms with E-state index in [1.54, 1.807) is 72.9 Å². The zero-order valence-electron chi connectivity index (χ0n) is 16.1. The minimum absolute atomic E-state index is 0.0493. The van der Waals surface area contributed by atoms with E-state index in [1.165, 1.54) is 11.7 Å². The van der Waals surface area contributed by atoms with Crippen LogP contribution in [0.3, 0.4) is 0 Å². The van der Waals surface area contributed by atoms with Gasteiger partial charge in [0.05, 0.1) is 18.2 Å². The molecule has 0 radical (unpaired) electrons. The molecular weight excluding hydrogens is 378 g/mol. The highest BCUT2D eigenvalue weighted by Gasteiger charge is 2.12. The summed E-state index contributed by atoms with van der Waals surface area (Å²) in [7, 11) is 1.48. The lowest BCUT2D eigenvalue weighted by Gasteiger charge is -2.11. The number of pyridine rings is 1. The van der Waals surface area contributed by atoms with Crippen molar-refractivity contribution < 1.29 is 9.84 Å². The molecule has 0 saturated carbocycles. The van der Waals surface area contributed by atoms with Crippen LogP contribution < -0.4 is 10.3 Å². The van der Waals surface area contributed by atoms with Gasteiger partial charge in [-0.3, -0.25) is 9.36 Å². The predicted octanol–water partition coefficient (Wildman–Crippen LogP) is 3.65. The van der Waals surface area contributed by atoms with Crippen molar-refractivity contribution in [2.75, 3.05) is 7.11 Å². The first-order valence-corrected chi connectivity index (χ1v) is 9.10. The van der Waals surface area contributed by atoms with Gasteiger partial charge in [-0.15, -0.1) is 6.42 Å². The highest BCUT2D eigenvalue weighted by molar-refractivity contribution is 5.77. The van der Waals surface area contributed by atoms with Gasteiger partial charge in [0, 0.05) is 11.8 Å². The highest BCUT2D eigenvalue weighted by Crippen LogP contribution is 2.27. The maximum atomic E-state index is 13.2. The summed E-state index contributed by atoms with van der Waals surface area (Å²) in [5, 5.41) is 10.2. The number of fused-ring (bicyclic) bond motifs is 1. The second kappa shape index (κ2) is 7.94. The Morgan fingerprint density at radius 1 is 1.13 bits per heavy atom. The Labute approximate surface area is 172 Å². The molecule has 4 aromatic rings. The lowest BCUT2D eigenvalue weighted by Crippen LogP contribution is -2.22. The molecule has 146 valence electrons. The normalized spacial score (nSPS) is 10.9. The van der Waals surface area contributed by atoms with Crippen LogP contribution in [0.5, 0.6) is 11.5 Å². The zero-order chi connectivity index (χ0) is 21.1. The number of methoxy groups -OCH3 is 1. The molecule has 0 unspecified atom stereocenters. The summed E-state index contributed by atoms with van der Waals surface area (Å²) in [6.07, 6.45) is 10.5. The number of aromatic nitrogens is 3. The molecule has 0 aliphatic carbocycles. The van der Waals surface area contributed by atoms with E-state index in [2.05, 4.69) is 15.9 Å². The molecule has 0 bridgehead atoms. The highest BCUT2D eigenvalue weighted by atomic mass is 16.5. The van der Waals surface area contributed by atoms with Crippen molar-refractivity contribution in [1.82, 2.24) is 14.5 Å². The third kappa shape index (κ3) is 3.52. The van der Waals surface area contributed by atoms with Crippen LogP contribution in [0, 0.1) is 12.3 Å². The van der Waals surface area contributed by atoms with Crippen LogP contribution >= 0.6 is 0 Å². The van der Waals surface area contributed by atoms with Gasteiger partial charge in [-0.1, -0.05) is 18.1 Å². The summed E-state index contributed by atoms with van der Waals surface area (Å²) in [4.78, 5) is 22.0. The topological polar surface area (TPSA) is 77.2 Å². The number of benzene rings is 2. The van der Waals surface area contributed by atoms with Crippen LogP contribution in [0.2, 0.25) is 0 Å². The van der Waals surface area contributed by atoms with Gasteiger partial charge in [-0.2, -0.15) is 0 Å². The van der Waals surface area contributed by atoms with Crippen molar-refractivity contribution in [3.05, 3.63) is 88.1 Å². The monoisotopic (exact) mass is 395 g/mol. The summed E-state index contributed by atoms with van der Waals surface area (Å²) in [6, 6.07) is 15.5. The van der Waals surface area contributed by atoms with Gasteiger partial charge in [0.15, 0.2) is 17.1 Å². The standard InChI is InChI=1S/C24H17N3O3/c1-3-16-6-10-18(11-7-16)27-22(26-23-19(24(27)29)5-4-14-25-23)13-9-17-8-12-20(28)21(15-17)30-2/h1,4-15,28H,2H3/b13-9+. The molecule has 0 aliphatic heterocycles. The SMILES string of the molecule is C#Cc1ccc(-n2c(/C=C/c3ccc(O)c(OC)c3)nc3ncccc3c2=O)cc1. The van der Waals surface area contributed by atoms with Gasteiger partial charge in [-0.25, -0.2) is 9.97 Å². The summed E-state index contributed by atoms with van der Waals surface area (Å²) in [5.41, 5.74) is 2.26. The lowest BCUT2D eigenvalue weighted by atomic mass is 10.1. The molecule has 0 aliphatic rings. The first-order valence-electron chi connectivity index (χ1n) is 9.10. The van der Waals surface area contributed by atoms with Gasteiger partial charge in [0.1, 0.15) is 5.82 Å². The van der Waals surface area contributed by atoms with Crippen LogP contribution in [0.25, 0.3) is 28.9 Å². The Kier molecular flexibility index (Phi) is 5.02. The van der Waals surface area contributed by atoms with E-state index in [-0.39, 0.29) is 11.3 Å². The first kappa shape index (κ1) is 19.0. The molecule has 2 heterocycles. The third-order valence-electron chi connectivity index (χ3n) is 4.59. The largest absolute Gasteiger partial charge is 0.504 e. The van der Waals surface area contributed by atoms with Gasteiger partial charge < -0.3 is 9.84 Å². The minimum atomic E-state index is -0.232. The van der Waals surface area contributed by atoms with Gasteiger partial charge in [0.25, 0.3) is 5.56 Å². The number of phenolic OH excluding ortho intramolecular Hbond substituents is 1. The second-order valence-electron chi connectivity index (χ2n) is 6.44.